The van der Waals surface area contributed by atoms with Crippen LogP contribution in [0.4, 0.5) is 0 Å². The lowest BCUT2D eigenvalue weighted by Gasteiger charge is -2.36. The van der Waals surface area contributed by atoms with E-state index in [4.69, 9.17) is 0 Å². The molecule has 64 valence electrons. The van der Waals surface area contributed by atoms with Gasteiger partial charge >= 0.3 is 0 Å². The van der Waals surface area contributed by atoms with Crippen LogP contribution < -0.4 is 0 Å². The highest BCUT2D eigenvalue weighted by molar-refractivity contribution is 4.98. The van der Waals surface area contributed by atoms with Crippen molar-refractivity contribution < 1.29 is 0 Å². The van der Waals surface area contributed by atoms with Crippen LogP contribution in [0.3, 0.4) is 0 Å². The molecule has 2 unspecified atom stereocenters. The topological polar surface area (TPSA) is 0 Å². The van der Waals surface area contributed by atoms with Gasteiger partial charge in [-0.3, -0.25) is 0 Å². The third-order valence-corrected chi connectivity index (χ3v) is 4.51. The minimum atomic E-state index is 0.795. The number of hydrogen-bond acceptors (Lipinski definition) is 0. The minimum Gasteiger partial charge on any atom is -0.0648 e. The molecule has 0 saturated heterocycles. The lowest BCUT2D eigenvalue weighted by molar-refractivity contribution is 0.148. The van der Waals surface area contributed by atoms with E-state index in [0.717, 1.165) is 17.3 Å². The van der Waals surface area contributed by atoms with Gasteiger partial charge in [0.2, 0.25) is 0 Å². The summed E-state index contributed by atoms with van der Waals surface area (Å²) in [5.41, 5.74) is 0.795. The second-order valence-corrected chi connectivity index (χ2v) is 4.65. The number of hydrogen-bond donors (Lipinski definition) is 0. The van der Waals surface area contributed by atoms with Gasteiger partial charge in [0.15, 0.2) is 0 Å². The van der Waals surface area contributed by atoms with Gasteiger partial charge in [-0.05, 0) is 36.5 Å². The first-order valence-corrected chi connectivity index (χ1v) is 5.30. The van der Waals surface area contributed by atoms with Crippen molar-refractivity contribution in [2.45, 2.75) is 52.4 Å². The monoisotopic (exact) mass is 152 g/mol. The predicted molar refractivity (Wildman–Crippen MR) is 48.5 cm³/mol. The summed E-state index contributed by atoms with van der Waals surface area (Å²) < 4.78 is 0. The Hall–Kier alpha value is 0. The molecule has 0 spiro atoms. The third kappa shape index (κ3) is 0.947. The zero-order valence-corrected chi connectivity index (χ0v) is 7.90. The fraction of sp³-hybridized carbons (Fsp3) is 1.00. The van der Waals surface area contributed by atoms with Crippen LogP contribution in [0.15, 0.2) is 0 Å². The van der Waals surface area contributed by atoms with Gasteiger partial charge in [-0.1, -0.05) is 33.1 Å². The van der Waals surface area contributed by atoms with E-state index < -0.39 is 0 Å². The van der Waals surface area contributed by atoms with E-state index in [1.54, 1.807) is 25.7 Å². The Labute approximate surface area is 70.4 Å². The van der Waals surface area contributed by atoms with Crippen molar-refractivity contribution in [3.63, 3.8) is 0 Å². The molecule has 0 nitrogen and oxygen atoms in total. The van der Waals surface area contributed by atoms with Gasteiger partial charge in [-0.25, -0.2) is 0 Å². The summed E-state index contributed by atoms with van der Waals surface area (Å²) in [5.74, 6) is 2.24. The molecule has 0 radical (unpaired) electrons. The summed E-state index contributed by atoms with van der Waals surface area (Å²) in [4.78, 5) is 0. The van der Waals surface area contributed by atoms with E-state index in [-0.39, 0.29) is 0 Å². The van der Waals surface area contributed by atoms with Gasteiger partial charge in [0.05, 0.1) is 0 Å². The van der Waals surface area contributed by atoms with Crippen molar-refractivity contribution in [2.24, 2.45) is 17.3 Å². The molecule has 0 aromatic heterocycles. The maximum absolute atomic E-state index is 2.39. The molecule has 2 aliphatic rings. The molecule has 11 heavy (non-hydrogen) atoms. The predicted octanol–water partition coefficient (Wildman–Crippen LogP) is 3.61. The smallest absolute Gasteiger partial charge is 0.0272 e. The van der Waals surface area contributed by atoms with Crippen molar-refractivity contribution in [1.82, 2.24) is 0 Å². The molecular formula is C11H20. The van der Waals surface area contributed by atoms with Crippen LogP contribution in [-0.2, 0) is 0 Å². The lowest BCUT2D eigenvalue weighted by atomic mass is 9.69. The summed E-state index contributed by atoms with van der Waals surface area (Å²) in [5, 5.41) is 0. The average molecular weight is 152 g/mol. The Morgan fingerprint density at radius 1 is 1.18 bits per heavy atom. The molecule has 2 fully saturated rings. The van der Waals surface area contributed by atoms with Gasteiger partial charge in [-0.15, -0.1) is 0 Å². The Morgan fingerprint density at radius 3 is 2.18 bits per heavy atom. The summed E-state index contributed by atoms with van der Waals surface area (Å²) in [6.45, 7) is 4.79. The molecule has 0 aliphatic heterocycles. The van der Waals surface area contributed by atoms with Crippen LogP contribution >= 0.6 is 0 Å². The summed E-state index contributed by atoms with van der Waals surface area (Å²) in [6.07, 6.45) is 9.10. The van der Waals surface area contributed by atoms with E-state index >= 15 is 0 Å². The van der Waals surface area contributed by atoms with E-state index in [2.05, 4.69) is 13.8 Å². The Balaban J connectivity index is 2.14. The summed E-state index contributed by atoms with van der Waals surface area (Å²) in [7, 11) is 0. The van der Waals surface area contributed by atoms with E-state index in [9.17, 15) is 0 Å². The van der Waals surface area contributed by atoms with Crippen LogP contribution in [-0.4, -0.2) is 0 Å². The zero-order chi connectivity index (χ0) is 7.90. The summed E-state index contributed by atoms with van der Waals surface area (Å²) >= 11 is 0. The van der Waals surface area contributed by atoms with Crippen LogP contribution in [0.1, 0.15) is 52.4 Å². The zero-order valence-electron chi connectivity index (χ0n) is 7.90. The molecule has 0 heteroatoms. The maximum Gasteiger partial charge on any atom is -0.0272 e. The molecule has 2 saturated carbocycles. The first kappa shape index (κ1) is 7.64. The molecule has 2 rings (SSSR count). The van der Waals surface area contributed by atoms with Crippen molar-refractivity contribution in [3.8, 4) is 0 Å². The highest BCUT2D eigenvalue weighted by Gasteiger charge is 2.48. The lowest BCUT2D eigenvalue weighted by Crippen LogP contribution is -2.25. The largest absolute Gasteiger partial charge is 0.0648 e. The van der Waals surface area contributed by atoms with Crippen molar-refractivity contribution in [1.29, 1.82) is 0 Å². The Morgan fingerprint density at radius 2 is 1.91 bits per heavy atom. The molecular weight excluding hydrogens is 132 g/mol. The Bertz CT molecular complexity index is 144. The second-order valence-electron chi connectivity index (χ2n) is 4.65. The third-order valence-electron chi connectivity index (χ3n) is 4.51. The first-order valence-electron chi connectivity index (χ1n) is 5.30. The van der Waals surface area contributed by atoms with Crippen LogP contribution in [0, 0.1) is 17.3 Å². The number of rotatable bonds is 2. The fourth-order valence-corrected chi connectivity index (χ4v) is 3.67. The van der Waals surface area contributed by atoms with Crippen molar-refractivity contribution in [3.05, 3.63) is 0 Å². The molecule has 0 aromatic rings. The van der Waals surface area contributed by atoms with Gasteiger partial charge in [0.1, 0.15) is 0 Å². The molecule has 0 heterocycles. The van der Waals surface area contributed by atoms with E-state index in [1.807, 2.05) is 0 Å². The molecule has 0 N–H and O–H groups in total. The molecule has 2 bridgehead atoms. The van der Waals surface area contributed by atoms with Crippen LogP contribution in [0.2, 0.25) is 0 Å². The molecule has 2 atom stereocenters. The maximum atomic E-state index is 2.39. The first-order chi connectivity index (χ1) is 5.30. The van der Waals surface area contributed by atoms with Crippen molar-refractivity contribution >= 4 is 0 Å². The number of fused-ring (bicyclic) bond motifs is 2. The standard InChI is InChI=1S/C11H20/c1-3-11(4-2)8-9-5-6-10(11)7-9/h9-10H,3-8H2,1-2H3. The van der Waals surface area contributed by atoms with E-state index in [0.29, 0.717) is 0 Å². The Kier molecular flexibility index (Phi) is 1.74. The van der Waals surface area contributed by atoms with Crippen molar-refractivity contribution in [2.75, 3.05) is 0 Å². The molecule has 2 aliphatic carbocycles. The minimum absolute atomic E-state index is 0.795. The SMILES string of the molecule is CCC1(CC)CC2CCC1C2. The van der Waals surface area contributed by atoms with Gasteiger partial charge in [0, 0.05) is 0 Å². The summed E-state index contributed by atoms with van der Waals surface area (Å²) in [6, 6.07) is 0. The van der Waals surface area contributed by atoms with E-state index in [1.165, 1.54) is 12.8 Å². The highest BCUT2D eigenvalue weighted by atomic mass is 14.5. The van der Waals surface area contributed by atoms with Gasteiger partial charge in [0.25, 0.3) is 0 Å². The van der Waals surface area contributed by atoms with Crippen LogP contribution in [0.5, 0.6) is 0 Å². The van der Waals surface area contributed by atoms with Gasteiger partial charge in [-0.2, -0.15) is 0 Å². The quantitative estimate of drug-likeness (QED) is 0.567. The van der Waals surface area contributed by atoms with Crippen LogP contribution in [0.25, 0.3) is 0 Å². The highest BCUT2D eigenvalue weighted by Crippen LogP contribution is 2.58. The van der Waals surface area contributed by atoms with Gasteiger partial charge < -0.3 is 0 Å². The fourth-order valence-electron chi connectivity index (χ4n) is 3.67. The normalized spacial score (nSPS) is 39.8. The molecule has 0 amide bonds. The molecule has 0 aromatic carbocycles. The second kappa shape index (κ2) is 2.50. The average Bonchev–Trinajstić information content (AvgIpc) is 2.62.